The molecule has 6 atom stereocenters. The lowest BCUT2D eigenvalue weighted by molar-refractivity contribution is -0.142. The Balaban J connectivity index is 0.000000226. The van der Waals surface area contributed by atoms with Crippen LogP contribution in [0.25, 0.3) is 0 Å². The zero-order chi connectivity index (χ0) is 24.4. The Morgan fingerprint density at radius 3 is 2.06 bits per heavy atom. The fourth-order valence-electron chi connectivity index (χ4n) is 7.22. The van der Waals surface area contributed by atoms with E-state index in [9.17, 15) is 4.79 Å². The Hall–Kier alpha value is -0.993. The van der Waals surface area contributed by atoms with Gasteiger partial charge in [-0.25, -0.2) is 0 Å². The van der Waals surface area contributed by atoms with Gasteiger partial charge in [-0.1, -0.05) is 31.2 Å². The van der Waals surface area contributed by atoms with Crippen molar-refractivity contribution in [3.8, 4) is 0 Å². The van der Waals surface area contributed by atoms with Crippen molar-refractivity contribution in [2.24, 2.45) is 34.5 Å². The molecule has 4 bridgehead atoms. The molecular formula is C27H44O6Si. The molecule has 5 aliphatic rings. The van der Waals surface area contributed by atoms with Crippen LogP contribution in [-0.2, 0) is 22.8 Å². The third-order valence-electron chi connectivity index (χ3n) is 8.86. The van der Waals surface area contributed by atoms with Gasteiger partial charge in [-0.05, 0) is 82.5 Å². The van der Waals surface area contributed by atoms with Gasteiger partial charge in [0.15, 0.2) is 0 Å². The molecule has 34 heavy (non-hydrogen) atoms. The van der Waals surface area contributed by atoms with E-state index in [0.717, 1.165) is 32.5 Å². The lowest BCUT2D eigenvalue weighted by Crippen LogP contribution is -2.52. The summed E-state index contributed by atoms with van der Waals surface area (Å²) in [6.07, 6.45) is 15.9. The zero-order valence-corrected chi connectivity index (χ0v) is 22.5. The highest BCUT2D eigenvalue weighted by Crippen LogP contribution is 2.63. The van der Waals surface area contributed by atoms with Crippen LogP contribution in [0.4, 0.5) is 0 Å². The molecule has 6 nitrogen and oxygen atoms in total. The summed E-state index contributed by atoms with van der Waals surface area (Å²) in [5.74, 6) is 0.789. The predicted octanol–water partition coefficient (Wildman–Crippen LogP) is 5.47. The maximum absolute atomic E-state index is 10.6. The number of hydrogen-bond acceptors (Lipinski definition) is 5. The number of fused-ring (bicyclic) bond motifs is 4. The summed E-state index contributed by atoms with van der Waals surface area (Å²) in [5.41, 5.74) is 1.11. The number of hydrogen-bond donors (Lipinski definition) is 1. The van der Waals surface area contributed by atoms with E-state index in [1.807, 2.05) is 0 Å². The summed E-state index contributed by atoms with van der Waals surface area (Å²) in [6, 6.07) is 0. The third kappa shape index (κ3) is 4.96. The highest BCUT2D eigenvalue weighted by Gasteiger charge is 2.62. The van der Waals surface area contributed by atoms with Crippen molar-refractivity contribution in [1.82, 2.24) is 0 Å². The maximum Gasteiger partial charge on any atom is 0.504 e. The van der Waals surface area contributed by atoms with Crippen LogP contribution in [-0.4, -0.2) is 52.9 Å². The van der Waals surface area contributed by atoms with Crippen LogP contribution >= 0.6 is 0 Å². The number of carbonyl (C=O) groups is 1. The van der Waals surface area contributed by atoms with E-state index < -0.39 is 14.8 Å². The molecule has 7 heteroatoms. The van der Waals surface area contributed by atoms with Crippen molar-refractivity contribution in [3.05, 3.63) is 24.3 Å². The van der Waals surface area contributed by atoms with Gasteiger partial charge in [0, 0.05) is 30.8 Å². The van der Waals surface area contributed by atoms with Crippen molar-refractivity contribution in [2.45, 2.75) is 71.8 Å². The van der Waals surface area contributed by atoms with Gasteiger partial charge in [-0.3, -0.25) is 4.79 Å². The lowest BCUT2D eigenvalue weighted by atomic mass is 9.68. The number of aliphatic carboxylic acids is 1. The van der Waals surface area contributed by atoms with E-state index >= 15 is 0 Å². The molecule has 1 N–H and O–H groups in total. The first-order chi connectivity index (χ1) is 16.3. The van der Waals surface area contributed by atoms with E-state index in [-0.39, 0.29) is 5.92 Å². The van der Waals surface area contributed by atoms with Crippen LogP contribution in [0.3, 0.4) is 0 Å². The second kappa shape index (κ2) is 10.6. The number of rotatable bonds is 11. The average molecular weight is 493 g/mol. The molecule has 0 spiro atoms. The molecule has 6 unspecified atom stereocenters. The Bertz CT molecular complexity index is 755. The molecule has 2 saturated carbocycles. The topological polar surface area (TPSA) is 74.2 Å². The molecule has 0 aromatic rings. The van der Waals surface area contributed by atoms with Gasteiger partial charge in [-0.15, -0.1) is 0 Å². The van der Waals surface area contributed by atoms with E-state index in [4.69, 9.17) is 23.1 Å². The van der Waals surface area contributed by atoms with Crippen molar-refractivity contribution < 1.29 is 27.9 Å². The molecule has 0 radical (unpaired) electrons. The summed E-state index contributed by atoms with van der Waals surface area (Å²) in [6.45, 7) is 12.3. The van der Waals surface area contributed by atoms with Crippen molar-refractivity contribution >= 4 is 14.8 Å². The first-order valence-corrected chi connectivity index (χ1v) is 15.2. The van der Waals surface area contributed by atoms with E-state index in [2.05, 4.69) is 52.0 Å². The normalized spacial score (nSPS) is 36.4. The van der Waals surface area contributed by atoms with E-state index in [1.165, 1.54) is 19.3 Å². The van der Waals surface area contributed by atoms with Gasteiger partial charge in [0.2, 0.25) is 0 Å². The summed E-state index contributed by atoms with van der Waals surface area (Å²) >= 11 is 0. The largest absolute Gasteiger partial charge is 0.504 e. The summed E-state index contributed by atoms with van der Waals surface area (Å²) < 4.78 is 24.2. The Labute approximate surface area is 206 Å². The van der Waals surface area contributed by atoms with Gasteiger partial charge in [0.1, 0.15) is 0 Å². The van der Waals surface area contributed by atoms with E-state index in [0.29, 0.717) is 53.9 Å². The minimum absolute atomic E-state index is 0.0741. The quantitative estimate of drug-likeness (QED) is 0.304. The minimum Gasteiger partial charge on any atom is -0.481 e. The Morgan fingerprint density at radius 2 is 1.65 bits per heavy atom. The fraction of sp³-hybridized carbons (Fsp3) is 0.815. The number of carboxylic acid groups (broad SMARTS) is 1. The Kier molecular flexibility index (Phi) is 8.09. The first-order valence-electron chi connectivity index (χ1n) is 13.4. The molecular weight excluding hydrogens is 448 g/mol. The molecule has 0 aromatic heterocycles. The average Bonchev–Trinajstić information content (AvgIpc) is 3.58. The molecule has 0 amide bonds. The molecule has 1 heterocycles. The van der Waals surface area contributed by atoms with Crippen LogP contribution in [0.15, 0.2) is 24.3 Å². The molecule has 5 rings (SSSR count). The lowest BCUT2D eigenvalue weighted by Gasteiger charge is -2.46. The van der Waals surface area contributed by atoms with Gasteiger partial charge < -0.3 is 23.1 Å². The van der Waals surface area contributed by atoms with Crippen molar-refractivity contribution in [1.29, 1.82) is 0 Å². The third-order valence-corrected chi connectivity index (χ3v) is 12.5. The molecule has 1 saturated heterocycles. The highest BCUT2D eigenvalue weighted by atomic mass is 28.4. The summed E-state index contributed by atoms with van der Waals surface area (Å²) in [5, 5.41) is 8.70. The number of allylic oxidation sites excluding steroid dienone is 4. The Morgan fingerprint density at radius 1 is 0.971 bits per heavy atom. The smallest absolute Gasteiger partial charge is 0.481 e. The molecule has 192 valence electrons. The molecule has 3 fully saturated rings. The molecule has 4 aliphatic carbocycles. The standard InChI is InChI=1S/C19H34O4Si.C8H10O2/c1-5-18(14-20-15-18)13-19-10-9-16(11-19)17(12-19)24(21-6-2,22-7-3)23-8-4;9-8(10)7-4-5-1-2-6(7)3-5/h9-10,16-17H,5-8,11-15H2,1-4H3;1-2,5-7H,3-4H2,(H,9,10). The second-order valence-corrected chi connectivity index (χ2v) is 13.9. The second-order valence-electron chi connectivity index (χ2n) is 11.1. The van der Waals surface area contributed by atoms with Crippen LogP contribution in [0.2, 0.25) is 5.54 Å². The van der Waals surface area contributed by atoms with Crippen molar-refractivity contribution in [2.75, 3.05) is 33.0 Å². The predicted molar refractivity (Wildman–Crippen MR) is 133 cm³/mol. The molecule has 1 aliphatic heterocycles. The number of carboxylic acids is 1. The zero-order valence-electron chi connectivity index (χ0n) is 21.5. The first kappa shape index (κ1) is 26.1. The summed E-state index contributed by atoms with van der Waals surface area (Å²) in [7, 11) is -2.62. The monoisotopic (exact) mass is 492 g/mol. The van der Waals surface area contributed by atoms with Crippen LogP contribution in [0.5, 0.6) is 0 Å². The molecule has 0 aromatic carbocycles. The van der Waals surface area contributed by atoms with E-state index in [1.54, 1.807) is 0 Å². The summed E-state index contributed by atoms with van der Waals surface area (Å²) in [4.78, 5) is 10.6. The van der Waals surface area contributed by atoms with Crippen LogP contribution < -0.4 is 0 Å². The number of ether oxygens (including phenoxy) is 1. The highest BCUT2D eigenvalue weighted by molar-refractivity contribution is 6.62. The maximum atomic E-state index is 10.6. The SMILES string of the molecule is CCO[Si](OCC)(OCC)C1CC2(CC3(CC)COC3)C=CC1C2.O=C(O)C1CC2C=CC1C2. The minimum atomic E-state index is -2.62. The van der Waals surface area contributed by atoms with Crippen LogP contribution in [0, 0.1) is 34.5 Å². The van der Waals surface area contributed by atoms with Crippen molar-refractivity contribution in [3.63, 3.8) is 0 Å². The van der Waals surface area contributed by atoms with Gasteiger partial charge in [-0.2, -0.15) is 0 Å². The fourth-order valence-corrected chi connectivity index (χ4v) is 10.7. The van der Waals surface area contributed by atoms with Crippen LogP contribution in [0.1, 0.15) is 66.2 Å². The van der Waals surface area contributed by atoms with Gasteiger partial charge in [0.25, 0.3) is 0 Å². The van der Waals surface area contributed by atoms with Gasteiger partial charge >= 0.3 is 14.8 Å². The van der Waals surface area contributed by atoms with Gasteiger partial charge in [0.05, 0.1) is 19.1 Å².